The van der Waals surface area contributed by atoms with Crippen LogP contribution in [0.2, 0.25) is 0 Å². The summed E-state index contributed by atoms with van der Waals surface area (Å²) in [6, 6.07) is 16.0. The Morgan fingerprint density at radius 3 is 2.45 bits per heavy atom. The molecule has 112 valence electrons. The van der Waals surface area contributed by atoms with Crippen LogP contribution in [0.1, 0.15) is 17.5 Å². The lowest BCUT2D eigenvalue weighted by atomic mass is 10.1. The predicted octanol–water partition coefficient (Wildman–Crippen LogP) is 2.73. The zero-order chi connectivity index (χ0) is 15.4. The fourth-order valence-corrected chi connectivity index (χ4v) is 2.14. The number of nitrogens with one attached hydrogen (secondary N) is 1. The van der Waals surface area contributed by atoms with Crippen LogP contribution in [0.15, 0.2) is 68.3 Å². The van der Waals surface area contributed by atoms with Gasteiger partial charge in [-0.05, 0) is 35.0 Å². The van der Waals surface area contributed by atoms with Crippen molar-refractivity contribution in [3.63, 3.8) is 0 Å². The van der Waals surface area contributed by atoms with Gasteiger partial charge in [-0.2, -0.15) is 0 Å². The topological polar surface area (TPSA) is 88.5 Å². The van der Waals surface area contributed by atoms with Gasteiger partial charge in [-0.3, -0.25) is 4.52 Å². The molecule has 0 fully saturated rings. The highest BCUT2D eigenvalue weighted by atomic mass is 16.6. The Hall–Kier alpha value is -3.02. The first kappa shape index (κ1) is 13.9. The van der Waals surface area contributed by atoms with E-state index in [1.165, 1.54) is 0 Å². The first-order valence-electron chi connectivity index (χ1n) is 6.77. The van der Waals surface area contributed by atoms with Crippen LogP contribution in [0.3, 0.4) is 0 Å². The van der Waals surface area contributed by atoms with Crippen molar-refractivity contribution >= 4 is 5.69 Å². The molecule has 0 saturated heterocycles. The molecule has 2 N–H and O–H groups in total. The molecule has 1 heterocycles. The average molecular weight is 298 g/mol. The fourth-order valence-electron chi connectivity index (χ4n) is 2.14. The lowest BCUT2D eigenvalue weighted by Gasteiger charge is -2.16. The number of para-hydroxylation sites is 1. The summed E-state index contributed by atoms with van der Waals surface area (Å²) in [4.78, 5) is 11.1. The van der Waals surface area contributed by atoms with E-state index >= 15 is 0 Å². The number of aromatic nitrogens is 1. The van der Waals surface area contributed by atoms with Crippen LogP contribution in [0.5, 0.6) is 5.75 Å². The molecule has 0 bridgehead atoms. The van der Waals surface area contributed by atoms with Gasteiger partial charge in [-0.25, -0.2) is 4.79 Å². The maximum atomic E-state index is 11.1. The van der Waals surface area contributed by atoms with Crippen LogP contribution >= 0.6 is 0 Å². The molecular weight excluding hydrogens is 284 g/mol. The third kappa shape index (κ3) is 3.35. The van der Waals surface area contributed by atoms with Crippen LogP contribution in [-0.2, 0) is 6.42 Å². The quantitative estimate of drug-likeness (QED) is 0.753. The number of benzene rings is 2. The highest BCUT2D eigenvalue weighted by Gasteiger charge is 2.19. The highest BCUT2D eigenvalue weighted by Crippen LogP contribution is 2.22. The van der Waals surface area contributed by atoms with Gasteiger partial charge in [0.1, 0.15) is 11.8 Å². The third-order valence-corrected chi connectivity index (χ3v) is 3.19. The monoisotopic (exact) mass is 298 g/mol. The smallest absolute Gasteiger partial charge is 0.508 e. The molecule has 6 nitrogen and oxygen atoms in total. The number of hydrogen-bond donors (Lipinski definition) is 2. The summed E-state index contributed by atoms with van der Waals surface area (Å²) in [5.41, 5.74) is 1.83. The van der Waals surface area contributed by atoms with E-state index in [2.05, 4.69) is 15.0 Å². The van der Waals surface area contributed by atoms with Crippen LogP contribution in [0.25, 0.3) is 0 Å². The van der Waals surface area contributed by atoms with Crippen molar-refractivity contribution in [2.45, 2.75) is 12.5 Å². The molecule has 22 heavy (non-hydrogen) atoms. The number of phenolic OH excluding ortho intramolecular Hbond substituents is 1. The van der Waals surface area contributed by atoms with Crippen LogP contribution in [0, 0.1) is 0 Å². The van der Waals surface area contributed by atoms with Crippen molar-refractivity contribution in [1.82, 2.24) is 5.16 Å². The van der Waals surface area contributed by atoms with Gasteiger partial charge in [0, 0.05) is 12.1 Å². The summed E-state index contributed by atoms with van der Waals surface area (Å²) in [6.45, 7) is 0. The molecule has 1 aromatic heterocycles. The Morgan fingerprint density at radius 1 is 1.09 bits per heavy atom. The van der Waals surface area contributed by atoms with Gasteiger partial charge in [0.2, 0.25) is 0 Å². The molecule has 0 radical (unpaired) electrons. The van der Waals surface area contributed by atoms with Gasteiger partial charge in [-0.15, -0.1) is 0 Å². The molecular formula is C16H14N2O4. The summed E-state index contributed by atoms with van der Waals surface area (Å²) < 4.78 is 9.46. The van der Waals surface area contributed by atoms with Crippen LogP contribution in [-0.4, -0.2) is 10.3 Å². The SMILES string of the molecule is O=c1onc(C(Cc2ccc(O)cc2)Nc2ccccc2)o1. The molecule has 0 saturated carbocycles. The van der Waals surface area contributed by atoms with E-state index in [-0.39, 0.29) is 17.7 Å². The average Bonchev–Trinajstić information content (AvgIpc) is 2.96. The summed E-state index contributed by atoms with van der Waals surface area (Å²) in [5.74, 6) is -0.452. The van der Waals surface area contributed by atoms with E-state index in [0.717, 1.165) is 11.3 Å². The van der Waals surface area contributed by atoms with Crippen LogP contribution < -0.4 is 11.1 Å². The molecule has 1 atom stereocenters. The molecule has 0 aliphatic rings. The minimum atomic E-state index is -0.833. The van der Waals surface area contributed by atoms with Gasteiger partial charge in [0.15, 0.2) is 0 Å². The van der Waals surface area contributed by atoms with Crippen molar-refractivity contribution < 1.29 is 14.0 Å². The molecule has 6 heteroatoms. The van der Waals surface area contributed by atoms with Crippen LogP contribution in [0.4, 0.5) is 5.69 Å². The first-order valence-corrected chi connectivity index (χ1v) is 6.77. The number of nitrogens with zero attached hydrogens (tertiary/aromatic N) is 1. The summed E-state index contributed by atoms with van der Waals surface area (Å²) >= 11 is 0. The lowest BCUT2D eigenvalue weighted by Crippen LogP contribution is -2.14. The Bertz CT molecular complexity index is 778. The van der Waals surface area contributed by atoms with Gasteiger partial charge in [0.05, 0.1) is 0 Å². The predicted molar refractivity (Wildman–Crippen MR) is 79.7 cm³/mol. The number of aromatic hydroxyl groups is 1. The second-order valence-corrected chi connectivity index (χ2v) is 4.81. The van der Waals surface area contributed by atoms with E-state index < -0.39 is 5.82 Å². The number of rotatable bonds is 5. The number of phenols is 1. The summed E-state index contributed by atoms with van der Waals surface area (Å²) in [5, 5.41) is 16.3. The summed E-state index contributed by atoms with van der Waals surface area (Å²) in [7, 11) is 0. The molecule has 3 rings (SSSR count). The van der Waals surface area contributed by atoms with E-state index in [9.17, 15) is 9.90 Å². The van der Waals surface area contributed by atoms with E-state index in [1.54, 1.807) is 24.3 Å². The van der Waals surface area contributed by atoms with Gasteiger partial charge < -0.3 is 14.8 Å². The zero-order valence-corrected chi connectivity index (χ0v) is 11.6. The summed E-state index contributed by atoms with van der Waals surface area (Å²) in [6.07, 6.45) is 0.518. The molecule has 0 spiro atoms. The molecule has 2 aromatic carbocycles. The Morgan fingerprint density at radius 2 is 1.82 bits per heavy atom. The van der Waals surface area contributed by atoms with E-state index in [0.29, 0.717) is 6.42 Å². The Balaban J connectivity index is 1.85. The highest BCUT2D eigenvalue weighted by molar-refractivity contribution is 5.44. The fraction of sp³-hybridized carbons (Fsp3) is 0.125. The largest absolute Gasteiger partial charge is 0.542 e. The molecule has 1 unspecified atom stereocenters. The van der Waals surface area contributed by atoms with E-state index in [1.807, 2.05) is 30.3 Å². The molecule has 0 aliphatic carbocycles. The van der Waals surface area contributed by atoms with Gasteiger partial charge >= 0.3 is 5.82 Å². The lowest BCUT2D eigenvalue weighted by molar-refractivity contribution is 0.333. The Kier molecular flexibility index (Phi) is 3.91. The third-order valence-electron chi connectivity index (χ3n) is 3.19. The second-order valence-electron chi connectivity index (χ2n) is 4.81. The minimum absolute atomic E-state index is 0.182. The van der Waals surface area contributed by atoms with Crippen molar-refractivity contribution in [1.29, 1.82) is 0 Å². The Labute approximate surface area is 126 Å². The number of anilines is 1. The van der Waals surface area contributed by atoms with Crippen molar-refractivity contribution in [2.24, 2.45) is 0 Å². The van der Waals surface area contributed by atoms with Crippen molar-refractivity contribution in [2.75, 3.05) is 5.32 Å². The number of hydrogen-bond acceptors (Lipinski definition) is 6. The standard InChI is InChI=1S/C16H14N2O4/c19-13-8-6-11(7-9-13)10-14(15-18-22-16(20)21-15)17-12-4-2-1-3-5-12/h1-9,14,17,19H,10H2. The molecule has 0 aliphatic heterocycles. The van der Waals surface area contributed by atoms with Crippen molar-refractivity contribution in [3.8, 4) is 5.75 Å². The molecule has 0 amide bonds. The maximum Gasteiger partial charge on any atom is 0.542 e. The second kappa shape index (κ2) is 6.17. The molecule has 3 aromatic rings. The van der Waals surface area contributed by atoms with Gasteiger partial charge in [0.25, 0.3) is 5.89 Å². The maximum absolute atomic E-state index is 11.1. The normalized spacial score (nSPS) is 12.0. The zero-order valence-electron chi connectivity index (χ0n) is 11.6. The van der Waals surface area contributed by atoms with Gasteiger partial charge in [-0.1, -0.05) is 30.3 Å². The van der Waals surface area contributed by atoms with Crippen molar-refractivity contribution in [3.05, 3.63) is 76.7 Å². The first-order chi connectivity index (χ1) is 10.7. The minimum Gasteiger partial charge on any atom is -0.508 e. The van der Waals surface area contributed by atoms with E-state index in [4.69, 9.17) is 4.42 Å².